The fraction of sp³-hybridized carbons (Fsp3) is 0.929. The molecule has 102 valence electrons. The van der Waals surface area contributed by atoms with E-state index in [2.05, 4.69) is 24.2 Å². The van der Waals surface area contributed by atoms with Gasteiger partial charge in [-0.15, -0.1) is 0 Å². The number of fused-ring (bicyclic) bond motifs is 1. The predicted octanol–water partition coefficient (Wildman–Crippen LogP) is 2.33. The van der Waals surface area contributed by atoms with Crippen LogP contribution in [0.1, 0.15) is 39.0 Å². The summed E-state index contributed by atoms with van der Waals surface area (Å²) in [5.74, 6) is 2.16. The number of amidine groups is 1. The Morgan fingerprint density at radius 2 is 2.22 bits per heavy atom. The molecule has 4 atom stereocenters. The lowest BCUT2D eigenvalue weighted by molar-refractivity contribution is 0.177. The van der Waals surface area contributed by atoms with Crippen molar-refractivity contribution in [2.45, 2.75) is 57.2 Å². The Bertz CT molecular complexity index is 331. The molecule has 1 N–H and O–H groups in total. The first-order valence-electron chi connectivity index (χ1n) is 7.40. The number of piperidine rings is 1. The van der Waals surface area contributed by atoms with Crippen LogP contribution in [0.15, 0.2) is 4.99 Å². The monoisotopic (exact) mass is 267 g/mol. The van der Waals surface area contributed by atoms with Crippen LogP contribution < -0.4 is 5.32 Å². The topological polar surface area (TPSA) is 27.6 Å². The third-order valence-corrected chi connectivity index (χ3v) is 5.96. The van der Waals surface area contributed by atoms with Gasteiger partial charge in [-0.3, -0.25) is 4.99 Å². The van der Waals surface area contributed by atoms with E-state index in [0.717, 1.165) is 5.92 Å². The van der Waals surface area contributed by atoms with Crippen LogP contribution in [0.2, 0.25) is 0 Å². The predicted molar refractivity (Wildman–Crippen MR) is 79.3 cm³/mol. The highest BCUT2D eigenvalue weighted by Crippen LogP contribution is 2.35. The van der Waals surface area contributed by atoms with Crippen molar-refractivity contribution in [1.29, 1.82) is 0 Å². The van der Waals surface area contributed by atoms with Gasteiger partial charge in [-0.1, -0.05) is 18.2 Å². The van der Waals surface area contributed by atoms with Gasteiger partial charge in [-0.05, 0) is 45.6 Å². The average Bonchev–Trinajstić information content (AvgIpc) is 2.81. The summed E-state index contributed by atoms with van der Waals surface area (Å²) >= 11 is 1.96. The largest absolute Gasteiger partial charge is 0.362 e. The molecule has 1 saturated carbocycles. The summed E-state index contributed by atoms with van der Waals surface area (Å²) in [5, 5.41) is 4.94. The zero-order valence-electron chi connectivity index (χ0n) is 11.6. The first-order chi connectivity index (χ1) is 8.72. The lowest BCUT2D eigenvalue weighted by atomic mass is 9.99. The maximum atomic E-state index is 4.94. The van der Waals surface area contributed by atoms with Crippen molar-refractivity contribution in [2.75, 3.05) is 19.3 Å². The van der Waals surface area contributed by atoms with E-state index in [1.807, 2.05) is 11.8 Å². The average molecular weight is 267 g/mol. The first kappa shape index (κ1) is 12.8. The Hall–Kier alpha value is -0.220. The molecule has 0 aromatic carbocycles. The van der Waals surface area contributed by atoms with Crippen molar-refractivity contribution >= 4 is 16.9 Å². The van der Waals surface area contributed by atoms with E-state index in [0.29, 0.717) is 18.1 Å². The van der Waals surface area contributed by atoms with Crippen LogP contribution in [0, 0.1) is 5.92 Å². The lowest BCUT2D eigenvalue weighted by Crippen LogP contribution is -2.47. The number of hydrogen-bond acceptors (Lipinski definition) is 4. The van der Waals surface area contributed by atoms with Crippen molar-refractivity contribution in [3.8, 4) is 0 Å². The van der Waals surface area contributed by atoms with E-state index in [9.17, 15) is 0 Å². The molecule has 1 aliphatic carbocycles. The molecule has 4 unspecified atom stereocenters. The maximum absolute atomic E-state index is 4.94. The summed E-state index contributed by atoms with van der Waals surface area (Å²) in [6.07, 6.45) is 6.62. The second-order valence-corrected chi connectivity index (χ2v) is 7.21. The fourth-order valence-electron chi connectivity index (χ4n) is 3.43. The number of thioether (sulfide) groups is 1. The van der Waals surface area contributed by atoms with E-state index in [1.54, 1.807) is 0 Å². The summed E-state index contributed by atoms with van der Waals surface area (Å²) < 4.78 is 0. The number of nitrogens with one attached hydrogen (secondary N) is 1. The minimum absolute atomic E-state index is 0.637. The van der Waals surface area contributed by atoms with Crippen LogP contribution in [0.5, 0.6) is 0 Å². The number of aliphatic imine (C=N–C) groups is 1. The highest BCUT2D eigenvalue weighted by atomic mass is 32.2. The second-order valence-electron chi connectivity index (χ2n) is 6.20. The number of likely N-dealkylation sites (tertiary alicyclic amines) is 1. The first-order valence-corrected chi connectivity index (χ1v) is 8.38. The minimum Gasteiger partial charge on any atom is -0.362 e. The van der Waals surface area contributed by atoms with Gasteiger partial charge in [0, 0.05) is 24.4 Å². The van der Waals surface area contributed by atoms with Crippen molar-refractivity contribution in [3.05, 3.63) is 0 Å². The van der Waals surface area contributed by atoms with Crippen LogP contribution >= 0.6 is 11.8 Å². The zero-order valence-corrected chi connectivity index (χ0v) is 12.4. The molecule has 3 rings (SSSR count). The molecule has 2 aliphatic heterocycles. The van der Waals surface area contributed by atoms with Gasteiger partial charge < -0.3 is 10.2 Å². The van der Waals surface area contributed by atoms with Gasteiger partial charge in [0.2, 0.25) is 0 Å². The lowest BCUT2D eigenvalue weighted by Gasteiger charge is -2.36. The van der Waals surface area contributed by atoms with Crippen LogP contribution in [-0.2, 0) is 0 Å². The molecule has 4 heteroatoms. The van der Waals surface area contributed by atoms with Gasteiger partial charge >= 0.3 is 0 Å². The van der Waals surface area contributed by atoms with Crippen molar-refractivity contribution in [2.24, 2.45) is 10.9 Å². The molecule has 0 radical (unpaired) electrons. The van der Waals surface area contributed by atoms with Crippen LogP contribution in [-0.4, -0.2) is 47.5 Å². The SMILES string of the molecule is CC1CC(NC2=NC3CCCC3CS2)CCN1C. The summed E-state index contributed by atoms with van der Waals surface area (Å²) in [6, 6.07) is 1.97. The summed E-state index contributed by atoms with van der Waals surface area (Å²) in [4.78, 5) is 7.40. The number of rotatable bonds is 1. The standard InChI is InChI=1S/C14H25N3S/c1-10-8-12(6-7-17(10)2)15-14-16-13-5-3-4-11(13)9-18-14/h10-13H,3-9H2,1-2H3,(H,15,16). The van der Waals surface area contributed by atoms with Crippen LogP contribution in [0.3, 0.4) is 0 Å². The van der Waals surface area contributed by atoms with Gasteiger partial charge in [0.1, 0.15) is 0 Å². The Labute approximate surface area is 115 Å². The van der Waals surface area contributed by atoms with E-state index in [4.69, 9.17) is 4.99 Å². The smallest absolute Gasteiger partial charge is 0.157 e. The fourth-order valence-corrected chi connectivity index (χ4v) is 4.65. The maximum Gasteiger partial charge on any atom is 0.157 e. The molecule has 0 bridgehead atoms. The molecule has 2 fully saturated rings. The Kier molecular flexibility index (Phi) is 3.85. The van der Waals surface area contributed by atoms with E-state index in [1.165, 1.54) is 49.6 Å². The second kappa shape index (κ2) is 5.41. The molecule has 3 aliphatic rings. The molecule has 1 saturated heterocycles. The Balaban J connectivity index is 1.56. The molecular weight excluding hydrogens is 242 g/mol. The Morgan fingerprint density at radius 3 is 3.06 bits per heavy atom. The minimum atomic E-state index is 0.637. The van der Waals surface area contributed by atoms with Gasteiger partial charge in [0.25, 0.3) is 0 Å². The van der Waals surface area contributed by atoms with E-state index >= 15 is 0 Å². The van der Waals surface area contributed by atoms with Crippen molar-refractivity contribution in [3.63, 3.8) is 0 Å². The van der Waals surface area contributed by atoms with Crippen molar-refractivity contribution in [1.82, 2.24) is 10.2 Å². The molecule has 3 nitrogen and oxygen atoms in total. The van der Waals surface area contributed by atoms with Gasteiger partial charge in [0.15, 0.2) is 5.17 Å². The van der Waals surface area contributed by atoms with Crippen LogP contribution in [0.25, 0.3) is 0 Å². The summed E-state index contributed by atoms with van der Waals surface area (Å²) in [5.41, 5.74) is 0. The molecule has 18 heavy (non-hydrogen) atoms. The van der Waals surface area contributed by atoms with Crippen molar-refractivity contribution < 1.29 is 0 Å². The number of nitrogens with zero attached hydrogens (tertiary/aromatic N) is 2. The third kappa shape index (κ3) is 2.69. The molecule has 0 spiro atoms. The third-order valence-electron chi connectivity index (χ3n) is 4.87. The summed E-state index contributed by atoms with van der Waals surface area (Å²) in [7, 11) is 2.23. The van der Waals surface area contributed by atoms with E-state index < -0.39 is 0 Å². The summed E-state index contributed by atoms with van der Waals surface area (Å²) in [6.45, 7) is 3.54. The number of hydrogen-bond donors (Lipinski definition) is 1. The molecular formula is C14H25N3S. The van der Waals surface area contributed by atoms with Gasteiger partial charge in [-0.25, -0.2) is 0 Å². The van der Waals surface area contributed by atoms with Gasteiger partial charge in [0.05, 0.1) is 6.04 Å². The van der Waals surface area contributed by atoms with E-state index in [-0.39, 0.29) is 0 Å². The molecule has 2 heterocycles. The van der Waals surface area contributed by atoms with Crippen LogP contribution in [0.4, 0.5) is 0 Å². The molecule has 0 amide bonds. The zero-order chi connectivity index (χ0) is 12.5. The normalized spacial score (nSPS) is 41.3. The highest BCUT2D eigenvalue weighted by molar-refractivity contribution is 8.13. The van der Waals surface area contributed by atoms with Gasteiger partial charge in [-0.2, -0.15) is 0 Å². The quantitative estimate of drug-likeness (QED) is 0.790. The molecule has 0 aromatic heterocycles. The highest BCUT2D eigenvalue weighted by Gasteiger charge is 2.32. The Morgan fingerprint density at radius 1 is 1.33 bits per heavy atom. The molecule has 0 aromatic rings.